The first-order valence-corrected chi connectivity index (χ1v) is 12.3. The Labute approximate surface area is 209 Å². The molecule has 1 saturated carbocycles. The van der Waals surface area contributed by atoms with E-state index in [0.717, 1.165) is 16.7 Å². The molecule has 5 atom stereocenters. The van der Waals surface area contributed by atoms with Crippen LogP contribution in [0.3, 0.4) is 0 Å². The van der Waals surface area contributed by atoms with Gasteiger partial charge in [0.15, 0.2) is 17.3 Å². The van der Waals surface area contributed by atoms with Crippen molar-refractivity contribution in [1.82, 2.24) is 0 Å². The Morgan fingerprint density at radius 3 is 2.61 bits per heavy atom. The highest BCUT2D eigenvalue weighted by Crippen LogP contribution is 2.71. The summed E-state index contributed by atoms with van der Waals surface area (Å²) in [5.41, 5.74) is 1.12. The second kappa shape index (κ2) is 7.54. The molecule has 190 valence electrons. The molecule has 0 aromatic heterocycles. The monoisotopic (exact) mass is 494 g/mol. The Kier molecular flexibility index (Phi) is 4.82. The molecule has 8 nitrogen and oxygen atoms in total. The van der Waals surface area contributed by atoms with Gasteiger partial charge in [0, 0.05) is 11.1 Å². The molecule has 0 N–H and O–H groups in total. The van der Waals surface area contributed by atoms with Crippen LogP contribution in [0.1, 0.15) is 45.2 Å². The standard InChI is InChI=1S/C28H30O8/c1-7-13(2)26(30)36-25-15(4)14(3)10-27(25)16-8-18-21(35-12-34-18)23-20(16)28(11-33-23)19(27)9-17(31-5)22(32-6)24(28)29/h7-9,14-15,25H,10-12H2,1-6H3/b13-7-/t14-,15+,25+,27-,28-/m0/s1. The minimum absolute atomic E-state index is 0.0336. The van der Waals surface area contributed by atoms with E-state index in [1.165, 1.54) is 14.2 Å². The Morgan fingerprint density at radius 1 is 1.14 bits per heavy atom. The molecule has 5 aliphatic rings. The maximum atomic E-state index is 14.3. The summed E-state index contributed by atoms with van der Waals surface area (Å²) in [7, 11) is 2.99. The number of carbonyl (C=O) groups excluding carboxylic acids is 2. The van der Waals surface area contributed by atoms with Crippen molar-refractivity contribution >= 4 is 11.8 Å². The number of esters is 1. The molecule has 36 heavy (non-hydrogen) atoms. The SMILES string of the molecule is C/C=C(/C)C(=O)O[C@@H]1[C@H](C)[C@@H](C)C[C@]12C1=CC(OC)=C(OC)C(=O)[C@@]13COc1c4c(cc2c13)OCO4. The molecule has 1 fully saturated rings. The Bertz CT molecular complexity index is 1300. The number of benzene rings is 1. The molecule has 2 heterocycles. The second-order valence-corrected chi connectivity index (χ2v) is 10.4. The minimum atomic E-state index is -1.12. The average molecular weight is 495 g/mol. The Balaban J connectivity index is 1.68. The summed E-state index contributed by atoms with van der Waals surface area (Å²) in [4.78, 5) is 27.4. The van der Waals surface area contributed by atoms with Crippen molar-refractivity contribution in [2.24, 2.45) is 11.8 Å². The molecule has 0 amide bonds. The van der Waals surface area contributed by atoms with Crippen LogP contribution in [0.2, 0.25) is 0 Å². The van der Waals surface area contributed by atoms with Gasteiger partial charge in [-0.15, -0.1) is 0 Å². The number of rotatable bonds is 4. The van der Waals surface area contributed by atoms with E-state index >= 15 is 0 Å². The van der Waals surface area contributed by atoms with Crippen LogP contribution in [-0.4, -0.2) is 45.5 Å². The third-order valence-corrected chi connectivity index (χ3v) is 8.91. The summed E-state index contributed by atoms with van der Waals surface area (Å²) in [6, 6.07) is 1.96. The van der Waals surface area contributed by atoms with E-state index in [1.54, 1.807) is 13.0 Å². The highest BCUT2D eigenvalue weighted by molar-refractivity contribution is 6.10. The smallest absolute Gasteiger partial charge is 0.333 e. The van der Waals surface area contributed by atoms with Crippen LogP contribution in [0.25, 0.3) is 0 Å². The van der Waals surface area contributed by atoms with Gasteiger partial charge < -0.3 is 28.4 Å². The number of ether oxygens (including phenoxy) is 6. The van der Waals surface area contributed by atoms with E-state index in [-0.39, 0.29) is 42.7 Å². The first kappa shape index (κ1) is 23.0. The number of allylic oxidation sites excluding steroid dienone is 3. The van der Waals surface area contributed by atoms with Crippen LogP contribution >= 0.6 is 0 Å². The molecule has 2 aliphatic heterocycles. The van der Waals surface area contributed by atoms with Crippen LogP contribution in [-0.2, 0) is 34.6 Å². The van der Waals surface area contributed by atoms with Gasteiger partial charge in [0.2, 0.25) is 24.1 Å². The van der Waals surface area contributed by atoms with Gasteiger partial charge >= 0.3 is 5.97 Å². The number of hydrogen-bond donors (Lipinski definition) is 0. The van der Waals surface area contributed by atoms with Gasteiger partial charge in [-0.25, -0.2) is 4.79 Å². The van der Waals surface area contributed by atoms with Gasteiger partial charge in [0.05, 0.1) is 19.6 Å². The number of fused-ring (bicyclic) bond motifs is 4. The molecule has 1 aromatic carbocycles. The van der Waals surface area contributed by atoms with E-state index in [1.807, 2.05) is 19.1 Å². The van der Waals surface area contributed by atoms with Crippen LogP contribution in [0.5, 0.6) is 17.2 Å². The van der Waals surface area contributed by atoms with E-state index in [0.29, 0.717) is 35.0 Å². The summed E-state index contributed by atoms with van der Waals surface area (Å²) < 4.78 is 35.3. The fourth-order valence-electron chi connectivity index (χ4n) is 6.93. The first-order valence-electron chi connectivity index (χ1n) is 12.3. The summed E-state index contributed by atoms with van der Waals surface area (Å²) in [5.74, 6) is 1.76. The highest BCUT2D eigenvalue weighted by Gasteiger charge is 2.72. The van der Waals surface area contributed by atoms with Gasteiger partial charge in [-0.1, -0.05) is 19.9 Å². The van der Waals surface area contributed by atoms with Crippen LogP contribution in [0.4, 0.5) is 0 Å². The minimum Gasteiger partial charge on any atom is -0.493 e. The van der Waals surface area contributed by atoms with Crippen LogP contribution < -0.4 is 14.2 Å². The maximum absolute atomic E-state index is 14.3. The molecule has 0 saturated heterocycles. The number of Topliss-reactive ketones (excluding diaryl/α,β-unsaturated/α-hetero) is 1. The lowest BCUT2D eigenvalue weighted by Gasteiger charge is -2.40. The molecule has 8 heteroatoms. The van der Waals surface area contributed by atoms with Gasteiger partial charge in [-0.3, -0.25) is 4.79 Å². The quantitative estimate of drug-likeness (QED) is 0.461. The van der Waals surface area contributed by atoms with E-state index in [2.05, 4.69) is 13.8 Å². The largest absolute Gasteiger partial charge is 0.493 e. The van der Waals surface area contributed by atoms with Gasteiger partial charge in [-0.2, -0.15) is 0 Å². The fourth-order valence-corrected chi connectivity index (χ4v) is 6.93. The lowest BCUT2D eigenvalue weighted by Crippen LogP contribution is -2.48. The summed E-state index contributed by atoms with van der Waals surface area (Å²) >= 11 is 0. The molecule has 0 radical (unpaired) electrons. The fraction of sp³-hybridized carbons (Fsp3) is 0.500. The van der Waals surface area contributed by atoms with E-state index < -0.39 is 16.9 Å². The average Bonchev–Trinajstić information content (AvgIpc) is 3.61. The van der Waals surface area contributed by atoms with Crippen molar-refractivity contribution < 1.29 is 38.0 Å². The number of hydrogen-bond acceptors (Lipinski definition) is 8. The molecular weight excluding hydrogens is 464 g/mol. The van der Waals surface area contributed by atoms with E-state index in [9.17, 15) is 9.59 Å². The molecule has 1 aromatic rings. The van der Waals surface area contributed by atoms with Crippen LogP contribution in [0, 0.1) is 11.8 Å². The molecule has 2 spiro atoms. The molecule has 3 aliphatic carbocycles. The third-order valence-electron chi connectivity index (χ3n) is 8.91. The number of methoxy groups -OCH3 is 2. The van der Waals surface area contributed by atoms with Crippen molar-refractivity contribution in [3.8, 4) is 17.2 Å². The Morgan fingerprint density at radius 2 is 1.92 bits per heavy atom. The number of ketones is 1. The third kappa shape index (κ3) is 2.49. The first-order chi connectivity index (χ1) is 17.3. The lowest BCUT2D eigenvalue weighted by atomic mass is 9.65. The van der Waals surface area contributed by atoms with Crippen molar-refractivity contribution in [2.75, 3.05) is 27.6 Å². The zero-order chi connectivity index (χ0) is 25.6. The Hall–Kier alpha value is -3.42. The summed E-state index contributed by atoms with van der Waals surface area (Å²) in [6.07, 6.45) is 3.83. The van der Waals surface area contributed by atoms with Crippen LogP contribution in [0.15, 0.2) is 40.9 Å². The zero-order valence-electron chi connectivity index (χ0n) is 21.4. The molecule has 6 rings (SSSR count). The zero-order valence-corrected chi connectivity index (χ0v) is 21.4. The highest BCUT2D eigenvalue weighted by atomic mass is 16.7. The summed E-state index contributed by atoms with van der Waals surface area (Å²) in [5, 5.41) is 0. The van der Waals surface area contributed by atoms with E-state index in [4.69, 9.17) is 28.4 Å². The van der Waals surface area contributed by atoms with Gasteiger partial charge in [0.1, 0.15) is 18.1 Å². The summed E-state index contributed by atoms with van der Waals surface area (Å²) in [6.45, 7) is 8.01. The van der Waals surface area contributed by atoms with Crippen molar-refractivity contribution in [3.63, 3.8) is 0 Å². The maximum Gasteiger partial charge on any atom is 0.333 e. The van der Waals surface area contributed by atoms with Crippen molar-refractivity contribution in [2.45, 2.75) is 51.0 Å². The lowest BCUT2D eigenvalue weighted by molar-refractivity contribution is -0.148. The molecule has 0 bridgehead atoms. The van der Waals surface area contributed by atoms with Crippen molar-refractivity contribution in [1.29, 1.82) is 0 Å². The predicted molar refractivity (Wildman–Crippen MR) is 128 cm³/mol. The second-order valence-electron chi connectivity index (χ2n) is 10.4. The topological polar surface area (TPSA) is 89.5 Å². The molecular formula is C28H30O8. The predicted octanol–water partition coefficient (Wildman–Crippen LogP) is 3.86. The van der Waals surface area contributed by atoms with Crippen molar-refractivity contribution in [3.05, 3.63) is 52.0 Å². The van der Waals surface area contributed by atoms with Gasteiger partial charge in [0.25, 0.3) is 0 Å². The van der Waals surface area contributed by atoms with Gasteiger partial charge in [-0.05, 0) is 55.4 Å². The number of carbonyl (C=O) groups is 2. The normalized spacial score (nSPS) is 33.4. The molecule has 0 unspecified atom stereocenters.